The van der Waals surface area contributed by atoms with Crippen LogP contribution in [0.1, 0.15) is 85.5 Å². The third-order valence-corrected chi connectivity index (χ3v) is 10.9. The summed E-state index contributed by atoms with van der Waals surface area (Å²) in [4.78, 5) is 12.1. The minimum absolute atomic E-state index is 0.249. The molecular weight excluding hydrogens is 372 g/mol. The number of hydrogen-bond acceptors (Lipinski definition) is 3. The van der Waals surface area contributed by atoms with Crippen LogP contribution >= 0.6 is 0 Å². The molecule has 3 nitrogen and oxygen atoms in total. The molecule has 0 bridgehead atoms. The van der Waals surface area contributed by atoms with E-state index in [0.717, 1.165) is 43.4 Å². The molecule has 0 aromatic rings. The molecule has 1 heterocycles. The van der Waals surface area contributed by atoms with Gasteiger partial charge in [-0.05, 0) is 91.4 Å². The van der Waals surface area contributed by atoms with Crippen LogP contribution in [-0.2, 0) is 9.53 Å². The molecule has 4 saturated carbocycles. The van der Waals surface area contributed by atoms with E-state index in [1.807, 2.05) is 0 Å². The summed E-state index contributed by atoms with van der Waals surface area (Å²) in [6, 6.07) is 0. The molecule has 10 atom stereocenters. The molecule has 0 aromatic carbocycles. The van der Waals surface area contributed by atoms with Crippen molar-refractivity contribution in [2.24, 2.45) is 52.3 Å². The summed E-state index contributed by atoms with van der Waals surface area (Å²) in [7, 11) is 0. The normalized spacial score (nSPS) is 52.2. The van der Waals surface area contributed by atoms with Gasteiger partial charge in [-0.2, -0.15) is 0 Å². The fourth-order valence-electron chi connectivity index (χ4n) is 9.17. The van der Waals surface area contributed by atoms with Gasteiger partial charge in [0.15, 0.2) is 0 Å². The fourth-order valence-corrected chi connectivity index (χ4v) is 9.17. The van der Waals surface area contributed by atoms with Crippen molar-refractivity contribution in [2.45, 2.75) is 91.6 Å². The van der Waals surface area contributed by atoms with Gasteiger partial charge in [0, 0.05) is 31.3 Å². The van der Waals surface area contributed by atoms with Crippen LogP contribution in [0.4, 0.5) is 0 Å². The van der Waals surface area contributed by atoms with Crippen molar-refractivity contribution in [1.29, 1.82) is 0 Å². The van der Waals surface area contributed by atoms with E-state index < -0.39 is 0 Å². The van der Waals surface area contributed by atoms with Crippen LogP contribution in [0, 0.1) is 52.3 Å². The summed E-state index contributed by atoms with van der Waals surface area (Å²) in [5.74, 6) is 6.27. The van der Waals surface area contributed by atoms with Gasteiger partial charge in [-0.1, -0.05) is 27.7 Å². The maximum Gasteiger partial charge on any atom is 0.133 e. The number of allylic oxidation sites excluding steroid dienone is 2. The lowest BCUT2D eigenvalue weighted by Gasteiger charge is -2.60. The number of ketones is 1. The number of fused-ring (bicyclic) bond motifs is 7. The van der Waals surface area contributed by atoms with E-state index in [1.165, 1.54) is 37.9 Å². The van der Waals surface area contributed by atoms with Gasteiger partial charge in [-0.15, -0.1) is 0 Å². The molecule has 3 heteroatoms. The van der Waals surface area contributed by atoms with Gasteiger partial charge >= 0.3 is 0 Å². The standard InChI is InChI=1S/C27H42O3/c1-16(15-28)5-8-23-17(2)25-24(30-23)14-22-20-7-6-18-13-19(29)9-11-26(18,3)21(20)10-12-27(22,25)4/h8,16-18,20-22,24-25,28H,5-7,9-15H2,1-4H3/b23-8-/t16?,17?,18-,20?,21?,22?,24?,25?,26?,27+/m1/s1. The molecule has 4 aliphatic carbocycles. The first-order valence-corrected chi connectivity index (χ1v) is 12.8. The van der Waals surface area contributed by atoms with Crippen molar-refractivity contribution >= 4 is 5.78 Å². The lowest BCUT2D eigenvalue weighted by Crippen LogP contribution is -2.53. The molecule has 0 spiro atoms. The number of Topliss-reactive ketones (excluding diaryl/α,β-unsaturated/α-hetero) is 1. The van der Waals surface area contributed by atoms with Crippen LogP contribution < -0.4 is 0 Å². The van der Waals surface area contributed by atoms with Crippen molar-refractivity contribution in [3.63, 3.8) is 0 Å². The highest BCUT2D eigenvalue weighted by molar-refractivity contribution is 5.79. The topological polar surface area (TPSA) is 46.5 Å². The SMILES string of the molecule is CC(CO)C/C=C1\OC2CC3C4CC[C@@H]5CC(=O)CCC5(C)C4CC[C@]3(C)C2C1C. The van der Waals surface area contributed by atoms with Gasteiger partial charge in [-0.25, -0.2) is 0 Å². The number of aliphatic hydroxyl groups is 1. The third kappa shape index (κ3) is 2.97. The number of carbonyl (C=O) groups is 1. The van der Waals surface area contributed by atoms with E-state index in [-0.39, 0.29) is 6.61 Å². The van der Waals surface area contributed by atoms with E-state index in [4.69, 9.17) is 4.74 Å². The Labute approximate surface area is 183 Å². The Bertz CT molecular complexity index is 728. The van der Waals surface area contributed by atoms with Crippen molar-refractivity contribution in [3.05, 3.63) is 11.8 Å². The molecule has 30 heavy (non-hydrogen) atoms. The van der Waals surface area contributed by atoms with Crippen molar-refractivity contribution in [3.8, 4) is 0 Å². The Balaban J connectivity index is 1.36. The maximum absolute atomic E-state index is 12.1. The van der Waals surface area contributed by atoms with E-state index in [1.54, 1.807) is 0 Å². The van der Waals surface area contributed by atoms with Crippen molar-refractivity contribution in [1.82, 2.24) is 0 Å². The number of aliphatic hydroxyl groups excluding tert-OH is 1. The number of carbonyl (C=O) groups excluding carboxylic acids is 1. The van der Waals surface area contributed by atoms with Crippen molar-refractivity contribution in [2.75, 3.05) is 6.61 Å². The van der Waals surface area contributed by atoms with Crippen LogP contribution in [0.3, 0.4) is 0 Å². The van der Waals surface area contributed by atoms with Gasteiger partial charge in [0.1, 0.15) is 11.9 Å². The van der Waals surface area contributed by atoms with Gasteiger partial charge in [-0.3, -0.25) is 4.79 Å². The van der Waals surface area contributed by atoms with E-state index in [2.05, 4.69) is 33.8 Å². The van der Waals surface area contributed by atoms with Crippen LogP contribution in [0.2, 0.25) is 0 Å². The highest BCUT2D eigenvalue weighted by Gasteiger charge is 2.65. The smallest absolute Gasteiger partial charge is 0.133 e. The van der Waals surface area contributed by atoms with Gasteiger partial charge in [0.25, 0.3) is 0 Å². The summed E-state index contributed by atoms with van der Waals surface area (Å²) in [5, 5.41) is 9.37. The summed E-state index contributed by atoms with van der Waals surface area (Å²) in [5.41, 5.74) is 0.797. The molecule has 5 aliphatic rings. The molecule has 8 unspecified atom stereocenters. The van der Waals surface area contributed by atoms with Crippen LogP contribution in [0.15, 0.2) is 11.8 Å². The molecule has 1 N–H and O–H groups in total. The average molecular weight is 415 g/mol. The molecule has 1 aliphatic heterocycles. The van der Waals surface area contributed by atoms with E-state index in [0.29, 0.717) is 46.4 Å². The molecule has 5 rings (SSSR count). The van der Waals surface area contributed by atoms with Gasteiger partial charge in [0.05, 0.1) is 5.76 Å². The number of rotatable bonds is 3. The Morgan fingerprint density at radius 1 is 1.17 bits per heavy atom. The lowest BCUT2D eigenvalue weighted by molar-refractivity contribution is -0.140. The molecule has 0 amide bonds. The lowest BCUT2D eigenvalue weighted by atomic mass is 9.44. The Kier molecular flexibility index (Phi) is 5.16. The first kappa shape index (κ1) is 21.0. The van der Waals surface area contributed by atoms with Crippen LogP contribution in [0.25, 0.3) is 0 Å². The molecule has 0 radical (unpaired) electrons. The highest BCUT2D eigenvalue weighted by atomic mass is 16.5. The average Bonchev–Trinajstić information content (AvgIpc) is 3.20. The zero-order chi connectivity index (χ0) is 21.3. The zero-order valence-electron chi connectivity index (χ0n) is 19.5. The van der Waals surface area contributed by atoms with E-state index in [9.17, 15) is 9.90 Å². The quantitative estimate of drug-likeness (QED) is 0.638. The van der Waals surface area contributed by atoms with Crippen molar-refractivity contribution < 1.29 is 14.6 Å². The predicted molar refractivity (Wildman–Crippen MR) is 119 cm³/mol. The summed E-state index contributed by atoms with van der Waals surface area (Å²) < 4.78 is 6.61. The summed E-state index contributed by atoms with van der Waals surface area (Å²) in [6.45, 7) is 9.88. The second-order valence-electron chi connectivity index (χ2n) is 12.3. The zero-order valence-corrected chi connectivity index (χ0v) is 19.5. The first-order valence-electron chi connectivity index (χ1n) is 12.8. The highest BCUT2D eigenvalue weighted by Crippen LogP contribution is 2.70. The largest absolute Gasteiger partial charge is 0.494 e. The second-order valence-corrected chi connectivity index (χ2v) is 12.3. The monoisotopic (exact) mass is 414 g/mol. The molecule has 0 aromatic heterocycles. The first-order chi connectivity index (χ1) is 14.3. The van der Waals surface area contributed by atoms with Crippen LogP contribution in [0.5, 0.6) is 0 Å². The van der Waals surface area contributed by atoms with Crippen LogP contribution in [-0.4, -0.2) is 23.6 Å². The Morgan fingerprint density at radius 2 is 1.97 bits per heavy atom. The predicted octanol–water partition coefficient (Wildman–Crippen LogP) is 5.76. The fraction of sp³-hybridized carbons (Fsp3) is 0.889. The number of hydrogen-bond donors (Lipinski definition) is 1. The summed E-state index contributed by atoms with van der Waals surface area (Å²) >= 11 is 0. The minimum Gasteiger partial charge on any atom is -0.494 e. The molecule has 5 fully saturated rings. The van der Waals surface area contributed by atoms with Gasteiger partial charge < -0.3 is 9.84 Å². The Morgan fingerprint density at radius 3 is 2.73 bits per heavy atom. The minimum atomic E-state index is 0.249. The molecule has 1 saturated heterocycles. The van der Waals surface area contributed by atoms with E-state index >= 15 is 0 Å². The number of ether oxygens (including phenoxy) is 1. The third-order valence-electron chi connectivity index (χ3n) is 10.9. The second kappa shape index (κ2) is 7.36. The Hall–Kier alpha value is -0.830. The summed E-state index contributed by atoms with van der Waals surface area (Å²) in [6.07, 6.45) is 12.9. The van der Waals surface area contributed by atoms with Gasteiger partial charge in [0.2, 0.25) is 0 Å². The molecular formula is C27H42O3. The maximum atomic E-state index is 12.1. The molecule has 168 valence electrons.